The molecule has 1 amide bonds. The van der Waals surface area contributed by atoms with Crippen LogP contribution in [0.25, 0.3) is 6.08 Å². The number of methoxy groups -OCH3 is 1. The maximum absolute atomic E-state index is 13.4. The van der Waals surface area contributed by atoms with E-state index in [-0.39, 0.29) is 5.91 Å². The normalized spacial score (nSPS) is 14.7. The number of nitrogens with zero attached hydrogens (tertiary/aromatic N) is 2. The van der Waals surface area contributed by atoms with Crippen LogP contribution in [0.1, 0.15) is 18.1 Å². The largest absolute Gasteiger partial charge is 0.497 e. The van der Waals surface area contributed by atoms with Crippen LogP contribution in [0, 0.1) is 0 Å². The van der Waals surface area contributed by atoms with Crippen LogP contribution in [0.2, 0.25) is 5.02 Å². The molecule has 6 heteroatoms. The van der Waals surface area contributed by atoms with Crippen molar-refractivity contribution in [1.29, 1.82) is 0 Å². The van der Waals surface area contributed by atoms with Crippen molar-refractivity contribution in [2.24, 2.45) is 4.99 Å². The summed E-state index contributed by atoms with van der Waals surface area (Å²) in [5.74, 6) is 1.84. The number of carbonyl (C=O) groups excluding carboxylic acids is 1. The third-order valence-electron chi connectivity index (χ3n) is 4.79. The molecule has 5 nitrogen and oxygen atoms in total. The lowest BCUT2D eigenvalue weighted by Gasteiger charge is -2.19. The first kappa shape index (κ1) is 20.7. The SMILES string of the molecule is CCOc1ccc(N2C(=O)/C(=C\c3ccc(OC)cc3)N=C2c2ccc(Cl)cc2)cc1. The van der Waals surface area contributed by atoms with Gasteiger partial charge in [0.05, 0.1) is 19.4 Å². The van der Waals surface area contributed by atoms with E-state index in [1.54, 1.807) is 30.2 Å². The number of rotatable bonds is 6. The first-order chi connectivity index (χ1) is 15.1. The van der Waals surface area contributed by atoms with Crippen molar-refractivity contribution < 1.29 is 14.3 Å². The van der Waals surface area contributed by atoms with Crippen molar-refractivity contribution in [3.05, 3.63) is 94.6 Å². The van der Waals surface area contributed by atoms with Gasteiger partial charge in [-0.2, -0.15) is 0 Å². The summed E-state index contributed by atoms with van der Waals surface area (Å²) in [6.07, 6.45) is 1.77. The summed E-state index contributed by atoms with van der Waals surface area (Å²) in [6.45, 7) is 2.51. The lowest BCUT2D eigenvalue weighted by Crippen LogP contribution is -2.32. The smallest absolute Gasteiger partial charge is 0.282 e. The Bertz CT molecular complexity index is 1130. The van der Waals surface area contributed by atoms with E-state index in [0.717, 1.165) is 22.6 Å². The summed E-state index contributed by atoms with van der Waals surface area (Å²) in [7, 11) is 1.62. The monoisotopic (exact) mass is 432 g/mol. The lowest BCUT2D eigenvalue weighted by atomic mass is 10.1. The van der Waals surface area contributed by atoms with Gasteiger partial charge in [-0.05, 0) is 79.2 Å². The average molecular weight is 433 g/mol. The fraction of sp³-hybridized carbons (Fsp3) is 0.120. The molecule has 0 unspecified atom stereocenters. The predicted octanol–water partition coefficient (Wildman–Crippen LogP) is 5.58. The van der Waals surface area contributed by atoms with Gasteiger partial charge in [0.2, 0.25) is 0 Å². The van der Waals surface area contributed by atoms with Crippen LogP contribution in [-0.4, -0.2) is 25.5 Å². The third-order valence-corrected chi connectivity index (χ3v) is 5.04. The molecule has 0 radical (unpaired) electrons. The highest BCUT2D eigenvalue weighted by Crippen LogP contribution is 2.30. The second-order valence-corrected chi connectivity index (χ2v) is 7.25. The van der Waals surface area contributed by atoms with Crippen LogP contribution < -0.4 is 14.4 Å². The molecular weight excluding hydrogens is 412 g/mol. The molecule has 0 atom stereocenters. The van der Waals surface area contributed by atoms with E-state index < -0.39 is 0 Å². The Morgan fingerprint density at radius 1 is 0.935 bits per heavy atom. The first-order valence-corrected chi connectivity index (χ1v) is 10.2. The molecule has 1 aliphatic heterocycles. The minimum absolute atomic E-state index is 0.204. The molecule has 4 rings (SSSR count). The Labute approximate surface area is 186 Å². The second-order valence-electron chi connectivity index (χ2n) is 6.81. The van der Waals surface area contributed by atoms with Crippen LogP contribution in [0.3, 0.4) is 0 Å². The molecule has 1 aliphatic rings. The molecule has 0 aromatic heterocycles. The van der Waals surface area contributed by atoms with Crippen molar-refractivity contribution in [3.8, 4) is 11.5 Å². The van der Waals surface area contributed by atoms with E-state index in [1.165, 1.54) is 0 Å². The molecule has 1 heterocycles. The molecule has 156 valence electrons. The Morgan fingerprint density at radius 2 is 1.58 bits per heavy atom. The number of amides is 1. The molecule has 0 aliphatic carbocycles. The Morgan fingerprint density at radius 3 is 2.19 bits per heavy atom. The predicted molar refractivity (Wildman–Crippen MR) is 124 cm³/mol. The maximum atomic E-state index is 13.4. The van der Waals surface area contributed by atoms with Crippen molar-refractivity contribution in [2.45, 2.75) is 6.92 Å². The van der Waals surface area contributed by atoms with Crippen LogP contribution in [0.15, 0.2) is 83.5 Å². The summed E-state index contributed by atoms with van der Waals surface area (Å²) >= 11 is 6.05. The topological polar surface area (TPSA) is 51.1 Å². The van der Waals surface area contributed by atoms with Gasteiger partial charge in [0.25, 0.3) is 5.91 Å². The highest BCUT2D eigenvalue weighted by atomic mass is 35.5. The molecule has 3 aromatic carbocycles. The van der Waals surface area contributed by atoms with Crippen molar-refractivity contribution in [2.75, 3.05) is 18.6 Å². The van der Waals surface area contributed by atoms with Gasteiger partial charge in [-0.15, -0.1) is 0 Å². The van der Waals surface area contributed by atoms with E-state index in [4.69, 9.17) is 21.1 Å². The summed E-state index contributed by atoms with van der Waals surface area (Å²) < 4.78 is 10.7. The van der Waals surface area contributed by atoms with E-state index >= 15 is 0 Å². The van der Waals surface area contributed by atoms with Crippen LogP contribution in [-0.2, 0) is 4.79 Å². The fourth-order valence-corrected chi connectivity index (χ4v) is 3.39. The van der Waals surface area contributed by atoms with Gasteiger partial charge in [0, 0.05) is 10.6 Å². The van der Waals surface area contributed by atoms with Gasteiger partial charge in [0.1, 0.15) is 23.0 Å². The molecule has 0 fully saturated rings. The number of halogens is 1. The number of anilines is 1. The summed E-state index contributed by atoms with van der Waals surface area (Å²) in [5, 5.41) is 0.621. The number of carbonyl (C=O) groups is 1. The van der Waals surface area contributed by atoms with Gasteiger partial charge in [-0.3, -0.25) is 9.69 Å². The molecule has 3 aromatic rings. The van der Waals surface area contributed by atoms with Gasteiger partial charge < -0.3 is 9.47 Å². The van der Waals surface area contributed by atoms with E-state index in [9.17, 15) is 4.79 Å². The minimum atomic E-state index is -0.204. The molecule has 0 saturated heterocycles. The first-order valence-electron chi connectivity index (χ1n) is 9.86. The number of ether oxygens (including phenoxy) is 2. The van der Waals surface area contributed by atoms with Gasteiger partial charge >= 0.3 is 0 Å². The second kappa shape index (κ2) is 9.06. The Hall–Kier alpha value is -3.57. The average Bonchev–Trinajstić information content (AvgIpc) is 3.11. The maximum Gasteiger partial charge on any atom is 0.282 e. The van der Waals surface area contributed by atoms with Gasteiger partial charge in [-0.1, -0.05) is 23.7 Å². The zero-order valence-electron chi connectivity index (χ0n) is 17.2. The molecule has 0 bridgehead atoms. The van der Waals surface area contributed by atoms with Crippen molar-refractivity contribution in [3.63, 3.8) is 0 Å². The number of aliphatic imine (C=N–C) groups is 1. The zero-order valence-corrected chi connectivity index (χ0v) is 18.0. The number of amidine groups is 1. The summed E-state index contributed by atoms with van der Waals surface area (Å²) in [6, 6.07) is 22.1. The molecule has 0 saturated carbocycles. The molecule has 0 N–H and O–H groups in total. The Balaban J connectivity index is 1.75. The van der Waals surface area contributed by atoms with Crippen LogP contribution >= 0.6 is 11.6 Å². The van der Waals surface area contributed by atoms with E-state index in [2.05, 4.69) is 4.99 Å². The number of hydrogen-bond acceptors (Lipinski definition) is 4. The highest BCUT2D eigenvalue weighted by molar-refractivity contribution is 6.34. The van der Waals surface area contributed by atoms with Gasteiger partial charge in [0.15, 0.2) is 0 Å². The third kappa shape index (κ3) is 4.47. The molecule has 0 spiro atoms. The molecule has 31 heavy (non-hydrogen) atoms. The molecular formula is C25H21ClN2O3. The van der Waals surface area contributed by atoms with Crippen LogP contribution in [0.5, 0.6) is 11.5 Å². The highest BCUT2D eigenvalue weighted by Gasteiger charge is 2.32. The Kier molecular flexibility index (Phi) is 6.05. The van der Waals surface area contributed by atoms with Crippen molar-refractivity contribution in [1.82, 2.24) is 0 Å². The van der Waals surface area contributed by atoms with Gasteiger partial charge in [-0.25, -0.2) is 4.99 Å². The zero-order chi connectivity index (χ0) is 21.8. The summed E-state index contributed by atoms with van der Waals surface area (Å²) in [4.78, 5) is 19.6. The number of benzene rings is 3. The summed E-state index contributed by atoms with van der Waals surface area (Å²) in [5.41, 5.74) is 2.71. The van der Waals surface area contributed by atoms with E-state index in [0.29, 0.717) is 28.8 Å². The lowest BCUT2D eigenvalue weighted by molar-refractivity contribution is -0.113. The fourth-order valence-electron chi connectivity index (χ4n) is 3.26. The van der Waals surface area contributed by atoms with Crippen molar-refractivity contribution >= 4 is 35.1 Å². The number of hydrogen-bond donors (Lipinski definition) is 0. The minimum Gasteiger partial charge on any atom is -0.497 e. The van der Waals surface area contributed by atoms with E-state index in [1.807, 2.05) is 67.6 Å². The quantitative estimate of drug-likeness (QED) is 0.477. The van der Waals surface area contributed by atoms with Crippen LogP contribution in [0.4, 0.5) is 5.69 Å². The standard InChI is InChI=1S/C25H21ClN2O3/c1-3-31-22-14-10-20(11-15-22)28-24(18-6-8-19(26)9-7-18)27-23(25(28)29)16-17-4-12-21(30-2)13-5-17/h4-16H,3H2,1-2H3/b23-16+.